The summed E-state index contributed by atoms with van der Waals surface area (Å²) in [4.78, 5) is 24.4. The van der Waals surface area contributed by atoms with Crippen molar-refractivity contribution in [2.24, 2.45) is 4.99 Å². The highest BCUT2D eigenvalue weighted by Crippen LogP contribution is 2.18. The summed E-state index contributed by atoms with van der Waals surface area (Å²) in [5, 5.41) is 7.72. The first-order chi connectivity index (χ1) is 12.0. The predicted molar refractivity (Wildman–Crippen MR) is 104 cm³/mol. The van der Waals surface area contributed by atoms with Gasteiger partial charge in [0.25, 0.3) is 0 Å². The number of thiazole rings is 1. The number of hydrogen-bond acceptors (Lipinski definition) is 4. The second kappa shape index (κ2) is 9.75. The van der Waals surface area contributed by atoms with Crippen LogP contribution in [0.3, 0.4) is 0 Å². The van der Waals surface area contributed by atoms with Crippen LogP contribution in [0.5, 0.6) is 0 Å². The fourth-order valence-electron chi connectivity index (χ4n) is 3.09. The summed E-state index contributed by atoms with van der Waals surface area (Å²) in [5.74, 6) is 1.12. The summed E-state index contributed by atoms with van der Waals surface area (Å²) in [6.45, 7) is 11.5. The number of likely N-dealkylation sites (tertiary alicyclic amines) is 1. The molecular formula is C18H31N5OS. The summed E-state index contributed by atoms with van der Waals surface area (Å²) in [7, 11) is 0. The number of nitrogens with one attached hydrogen (secondary N) is 2. The van der Waals surface area contributed by atoms with Crippen LogP contribution in [0.25, 0.3) is 0 Å². The average molecular weight is 366 g/mol. The van der Waals surface area contributed by atoms with Gasteiger partial charge in [-0.1, -0.05) is 6.92 Å². The van der Waals surface area contributed by atoms with E-state index in [-0.39, 0.29) is 0 Å². The van der Waals surface area contributed by atoms with Gasteiger partial charge in [-0.2, -0.15) is 0 Å². The molecule has 0 aliphatic carbocycles. The van der Waals surface area contributed by atoms with E-state index in [9.17, 15) is 4.79 Å². The third-order valence-corrected chi connectivity index (χ3v) is 5.64. The molecular weight excluding hydrogens is 334 g/mol. The first kappa shape index (κ1) is 19.7. The molecule has 1 aliphatic heterocycles. The third kappa shape index (κ3) is 5.70. The Morgan fingerprint density at radius 2 is 2.16 bits per heavy atom. The summed E-state index contributed by atoms with van der Waals surface area (Å²) < 4.78 is 0. The molecule has 2 heterocycles. The minimum Gasteiger partial charge on any atom is -0.357 e. The number of aryl methyl sites for hydroxylation is 2. The van der Waals surface area contributed by atoms with E-state index in [1.54, 1.807) is 11.3 Å². The monoisotopic (exact) mass is 365 g/mol. The van der Waals surface area contributed by atoms with E-state index in [1.165, 1.54) is 4.88 Å². The lowest BCUT2D eigenvalue weighted by molar-refractivity contribution is -0.129. The molecule has 6 nitrogen and oxygen atoms in total. The fraction of sp³-hybridized carbons (Fsp3) is 0.722. The van der Waals surface area contributed by atoms with Gasteiger partial charge >= 0.3 is 0 Å². The molecule has 0 aromatic carbocycles. The standard InChI is InChI=1S/C18H31N5OS/c1-5-15(23-11-7-8-17(23)24)9-10-20-18(19-6-2)21-12-16-22-13(3)14(4)25-16/h15H,5-12H2,1-4H3,(H2,19,20,21). The zero-order valence-electron chi connectivity index (χ0n) is 15.9. The SMILES string of the molecule is CCNC(=NCc1nc(C)c(C)s1)NCCC(CC)N1CCCC1=O. The third-order valence-electron chi connectivity index (χ3n) is 4.58. The largest absolute Gasteiger partial charge is 0.357 e. The van der Waals surface area contributed by atoms with E-state index >= 15 is 0 Å². The Bertz CT molecular complexity index is 579. The maximum atomic E-state index is 11.9. The number of guanidine groups is 1. The molecule has 1 fully saturated rings. The van der Waals surface area contributed by atoms with Crippen molar-refractivity contribution in [2.75, 3.05) is 19.6 Å². The zero-order valence-corrected chi connectivity index (χ0v) is 16.7. The van der Waals surface area contributed by atoms with Crippen molar-refractivity contribution in [1.29, 1.82) is 0 Å². The normalized spacial score (nSPS) is 16.4. The second-order valence-corrected chi connectivity index (χ2v) is 7.70. The van der Waals surface area contributed by atoms with Crippen molar-refractivity contribution in [3.05, 3.63) is 15.6 Å². The van der Waals surface area contributed by atoms with E-state index in [2.05, 4.69) is 41.4 Å². The van der Waals surface area contributed by atoms with Crippen molar-refractivity contribution in [3.8, 4) is 0 Å². The van der Waals surface area contributed by atoms with Gasteiger partial charge in [0.05, 0.1) is 12.2 Å². The summed E-state index contributed by atoms with van der Waals surface area (Å²) >= 11 is 1.71. The topological polar surface area (TPSA) is 69.6 Å². The van der Waals surface area contributed by atoms with Crippen molar-refractivity contribution in [3.63, 3.8) is 0 Å². The second-order valence-electron chi connectivity index (χ2n) is 6.41. The zero-order chi connectivity index (χ0) is 18.2. The van der Waals surface area contributed by atoms with Crippen LogP contribution in [0.4, 0.5) is 0 Å². The molecule has 1 saturated heterocycles. The van der Waals surface area contributed by atoms with Crippen molar-refractivity contribution in [1.82, 2.24) is 20.5 Å². The fourth-order valence-corrected chi connectivity index (χ4v) is 3.95. The minimum atomic E-state index is 0.307. The Balaban J connectivity index is 1.85. The lowest BCUT2D eigenvalue weighted by atomic mass is 10.1. The van der Waals surface area contributed by atoms with Gasteiger partial charge in [0.15, 0.2) is 5.96 Å². The molecule has 0 saturated carbocycles. The molecule has 140 valence electrons. The molecule has 1 amide bonds. The Morgan fingerprint density at radius 1 is 1.36 bits per heavy atom. The summed E-state index contributed by atoms with van der Waals surface area (Å²) in [5.41, 5.74) is 1.09. The molecule has 1 atom stereocenters. The van der Waals surface area contributed by atoms with Gasteiger partial charge in [0.2, 0.25) is 5.91 Å². The van der Waals surface area contributed by atoms with Crippen LogP contribution in [0.15, 0.2) is 4.99 Å². The van der Waals surface area contributed by atoms with Gasteiger partial charge in [-0.15, -0.1) is 11.3 Å². The quantitative estimate of drug-likeness (QED) is 0.549. The molecule has 2 N–H and O–H groups in total. The number of amides is 1. The molecule has 1 aliphatic rings. The number of nitrogens with zero attached hydrogens (tertiary/aromatic N) is 3. The lowest BCUT2D eigenvalue weighted by Crippen LogP contribution is -2.42. The first-order valence-electron chi connectivity index (χ1n) is 9.29. The number of aliphatic imine (C=N–C) groups is 1. The highest BCUT2D eigenvalue weighted by molar-refractivity contribution is 7.11. The Labute approximate surface area is 155 Å². The molecule has 0 spiro atoms. The molecule has 1 unspecified atom stereocenters. The van der Waals surface area contributed by atoms with Crippen LogP contribution in [-0.4, -0.2) is 47.4 Å². The summed E-state index contributed by atoms with van der Waals surface area (Å²) in [6, 6.07) is 0.328. The van der Waals surface area contributed by atoms with Crippen LogP contribution in [0, 0.1) is 13.8 Å². The van der Waals surface area contributed by atoms with E-state index < -0.39 is 0 Å². The Morgan fingerprint density at radius 3 is 2.72 bits per heavy atom. The molecule has 0 bridgehead atoms. The summed E-state index contributed by atoms with van der Waals surface area (Å²) in [6.07, 6.45) is 3.65. The number of rotatable bonds is 8. The van der Waals surface area contributed by atoms with Gasteiger partial charge in [0, 0.05) is 37.0 Å². The number of carbonyl (C=O) groups is 1. The van der Waals surface area contributed by atoms with Crippen LogP contribution in [-0.2, 0) is 11.3 Å². The number of carbonyl (C=O) groups excluding carboxylic acids is 1. The molecule has 1 aromatic rings. The van der Waals surface area contributed by atoms with Crippen LogP contribution in [0.1, 0.15) is 55.1 Å². The number of aromatic nitrogens is 1. The van der Waals surface area contributed by atoms with Crippen LogP contribution < -0.4 is 10.6 Å². The molecule has 0 radical (unpaired) electrons. The van der Waals surface area contributed by atoms with Gasteiger partial charge in [-0.25, -0.2) is 9.98 Å². The average Bonchev–Trinajstić information content (AvgIpc) is 3.15. The van der Waals surface area contributed by atoms with Crippen molar-refractivity contribution < 1.29 is 4.79 Å². The molecule has 1 aromatic heterocycles. The molecule has 7 heteroatoms. The Kier molecular flexibility index (Phi) is 7.68. The van der Waals surface area contributed by atoms with Gasteiger partial charge in [-0.3, -0.25) is 4.79 Å². The van der Waals surface area contributed by atoms with Gasteiger partial charge < -0.3 is 15.5 Å². The minimum absolute atomic E-state index is 0.307. The van der Waals surface area contributed by atoms with Gasteiger partial charge in [-0.05, 0) is 40.0 Å². The van der Waals surface area contributed by atoms with E-state index in [1.807, 2.05) is 11.8 Å². The highest BCUT2D eigenvalue weighted by Gasteiger charge is 2.26. The molecule has 2 rings (SSSR count). The maximum Gasteiger partial charge on any atom is 0.222 e. The Hall–Kier alpha value is -1.63. The smallest absolute Gasteiger partial charge is 0.222 e. The van der Waals surface area contributed by atoms with Crippen LogP contribution in [0.2, 0.25) is 0 Å². The van der Waals surface area contributed by atoms with Crippen molar-refractivity contribution >= 4 is 23.2 Å². The van der Waals surface area contributed by atoms with Gasteiger partial charge in [0.1, 0.15) is 5.01 Å². The lowest BCUT2D eigenvalue weighted by Gasteiger charge is -2.27. The van der Waals surface area contributed by atoms with Crippen molar-refractivity contribution in [2.45, 2.75) is 66.0 Å². The maximum absolute atomic E-state index is 11.9. The van der Waals surface area contributed by atoms with E-state index in [0.717, 1.165) is 55.6 Å². The van der Waals surface area contributed by atoms with E-state index in [4.69, 9.17) is 0 Å². The highest BCUT2D eigenvalue weighted by atomic mass is 32.1. The predicted octanol–water partition coefficient (Wildman–Crippen LogP) is 2.61. The number of hydrogen-bond donors (Lipinski definition) is 2. The van der Waals surface area contributed by atoms with E-state index in [0.29, 0.717) is 24.9 Å². The molecule has 25 heavy (non-hydrogen) atoms. The first-order valence-corrected chi connectivity index (χ1v) is 10.1. The van der Waals surface area contributed by atoms with Crippen LogP contribution >= 0.6 is 11.3 Å².